The summed E-state index contributed by atoms with van der Waals surface area (Å²) < 4.78 is 0. The number of likely N-dealkylation sites (N-methyl/N-ethyl adjacent to an activating group) is 1. The van der Waals surface area contributed by atoms with Crippen LogP contribution in [0.5, 0.6) is 5.75 Å². The number of carbonyl (C=O) groups excluding carboxylic acids is 1. The number of aromatic nitrogens is 1. The monoisotopic (exact) mass is 268 g/mol. The summed E-state index contributed by atoms with van der Waals surface area (Å²) in [5.74, 6) is 0.106. The summed E-state index contributed by atoms with van der Waals surface area (Å²) in [6.07, 6.45) is 1.85. The predicted octanol–water partition coefficient (Wildman–Crippen LogP) is 2.85. The first-order chi connectivity index (χ1) is 9.47. The molecule has 0 radical (unpaired) electrons. The van der Waals surface area contributed by atoms with E-state index in [1.807, 2.05) is 26.0 Å². The molecule has 4 nitrogen and oxygen atoms in total. The summed E-state index contributed by atoms with van der Waals surface area (Å²) >= 11 is 0. The van der Waals surface area contributed by atoms with E-state index in [0.717, 1.165) is 28.2 Å². The molecule has 0 aliphatic carbocycles. The fourth-order valence-corrected chi connectivity index (χ4v) is 2.62. The third-order valence-electron chi connectivity index (χ3n) is 3.65. The van der Waals surface area contributed by atoms with Crippen LogP contribution in [0.4, 0.5) is 5.69 Å². The van der Waals surface area contributed by atoms with Gasteiger partial charge in [-0.15, -0.1) is 0 Å². The largest absolute Gasteiger partial charge is 0.508 e. The van der Waals surface area contributed by atoms with E-state index >= 15 is 0 Å². The highest BCUT2D eigenvalue weighted by Gasteiger charge is 2.30. The number of benzene rings is 1. The number of carbonyl (C=O) groups is 1. The molecule has 1 aliphatic heterocycles. The number of fused-ring (bicyclic) bond motifs is 1. The zero-order valence-corrected chi connectivity index (χ0v) is 11.7. The maximum Gasteiger partial charge on any atom is 0.258 e. The summed E-state index contributed by atoms with van der Waals surface area (Å²) in [6, 6.07) is 7.03. The molecule has 2 aromatic rings. The van der Waals surface area contributed by atoms with Gasteiger partial charge in [0, 0.05) is 24.0 Å². The Morgan fingerprint density at radius 3 is 2.65 bits per heavy atom. The normalized spacial score (nSPS) is 16.1. The molecular formula is C16H16N2O2. The van der Waals surface area contributed by atoms with E-state index in [4.69, 9.17) is 0 Å². The molecule has 1 aromatic heterocycles. The molecule has 1 aliphatic rings. The predicted molar refractivity (Wildman–Crippen MR) is 79.7 cm³/mol. The molecule has 2 N–H and O–H groups in total. The Morgan fingerprint density at radius 2 is 2.00 bits per heavy atom. The molecule has 1 amide bonds. The van der Waals surface area contributed by atoms with Crippen molar-refractivity contribution in [1.82, 2.24) is 4.98 Å². The molecule has 0 atom stereocenters. The molecule has 20 heavy (non-hydrogen) atoms. The van der Waals surface area contributed by atoms with Crippen LogP contribution in [-0.2, 0) is 4.79 Å². The van der Waals surface area contributed by atoms with Crippen molar-refractivity contribution in [2.45, 2.75) is 13.8 Å². The first-order valence-electron chi connectivity index (χ1n) is 6.46. The van der Waals surface area contributed by atoms with Gasteiger partial charge in [0.05, 0.1) is 11.3 Å². The number of H-pyrrole nitrogens is 1. The highest BCUT2D eigenvalue weighted by Crippen LogP contribution is 2.38. The van der Waals surface area contributed by atoms with E-state index in [9.17, 15) is 9.90 Å². The van der Waals surface area contributed by atoms with E-state index in [2.05, 4.69) is 4.98 Å². The van der Waals surface area contributed by atoms with Gasteiger partial charge in [-0.1, -0.05) is 0 Å². The molecule has 0 fully saturated rings. The van der Waals surface area contributed by atoms with E-state index in [0.29, 0.717) is 5.57 Å². The van der Waals surface area contributed by atoms with Crippen LogP contribution in [0.15, 0.2) is 24.3 Å². The summed E-state index contributed by atoms with van der Waals surface area (Å²) in [4.78, 5) is 17.2. The van der Waals surface area contributed by atoms with Crippen LogP contribution in [0.2, 0.25) is 0 Å². The fourth-order valence-electron chi connectivity index (χ4n) is 2.62. The molecule has 1 aromatic carbocycles. The van der Waals surface area contributed by atoms with E-state index in [1.54, 1.807) is 30.1 Å². The second-order valence-corrected chi connectivity index (χ2v) is 5.17. The summed E-state index contributed by atoms with van der Waals surface area (Å²) in [5, 5.41) is 9.65. The number of hydrogen-bond donors (Lipinski definition) is 2. The lowest BCUT2D eigenvalue weighted by Gasteiger charge is -2.08. The third-order valence-corrected chi connectivity index (χ3v) is 3.65. The van der Waals surface area contributed by atoms with Gasteiger partial charge in [0.15, 0.2) is 0 Å². The number of aromatic hydroxyl groups is 1. The molecule has 0 bridgehead atoms. The van der Waals surface area contributed by atoms with E-state index in [1.165, 1.54) is 0 Å². The summed E-state index contributed by atoms with van der Waals surface area (Å²) in [7, 11) is 1.74. The van der Waals surface area contributed by atoms with Crippen molar-refractivity contribution in [1.29, 1.82) is 0 Å². The van der Waals surface area contributed by atoms with Crippen molar-refractivity contribution in [2.75, 3.05) is 11.9 Å². The minimum absolute atomic E-state index is 0.0581. The third kappa shape index (κ3) is 1.81. The quantitative estimate of drug-likeness (QED) is 0.781. The lowest BCUT2D eigenvalue weighted by molar-refractivity contribution is -0.112. The number of phenolic OH excluding ortho intramolecular Hbond substituents is 1. The van der Waals surface area contributed by atoms with Gasteiger partial charge in [-0.3, -0.25) is 4.79 Å². The van der Waals surface area contributed by atoms with Gasteiger partial charge in [-0.05, 0) is 49.8 Å². The fraction of sp³-hybridized carbons (Fsp3) is 0.188. The lowest BCUT2D eigenvalue weighted by Crippen LogP contribution is -2.20. The van der Waals surface area contributed by atoms with Crippen molar-refractivity contribution >= 4 is 23.2 Å². The molecule has 0 unspecified atom stereocenters. The molecule has 0 spiro atoms. The van der Waals surface area contributed by atoms with E-state index < -0.39 is 0 Å². The Morgan fingerprint density at radius 1 is 1.25 bits per heavy atom. The van der Waals surface area contributed by atoms with Crippen molar-refractivity contribution in [3.05, 3.63) is 46.8 Å². The van der Waals surface area contributed by atoms with Crippen LogP contribution in [0.25, 0.3) is 11.6 Å². The number of aromatic amines is 1. The number of hydrogen-bond acceptors (Lipinski definition) is 2. The minimum atomic E-state index is -0.0581. The highest BCUT2D eigenvalue weighted by molar-refractivity contribution is 6.35. The van der Waals surface area contributed by atoms with Crippen LogP contribution in [0.1, 0.15) is 22.5 Å². The molecule has 102 valence electrons. The number of rotatable bonds is 1. The van der Waals surface area contributed by atoms with Crippen molar-refractivity contribution in [2.24, 2.45) is 0 Å². The topological polar surface area (TPSA) is 56.3 Å². The van der Waals surface area contributed by atoms with Gasteiger partial charge in [-0.2, -0.15) is 0 Å². The van der Waals surface area contributed by atoms with Crippen LogP contribution in [-0.4, -0.2) is 23.0 Å². The Labute approximate surface area is 117 Å². The number of nitrogens with one attached hydrogen (secondary N) is 1. The van der Waals surface area contributed by atoms with Crippen LogP contribution in [0.3, 0.4) is 0 Å². The number of nitrogens with zero attached hydrogens (tertiary/aromatic N) is 1. The number of anilines is 1. The van der Waals surface area contributed by atoms with Crippen molar-refractivity contribution in [3.63, 3.8) is 0 Å². The summed E-state index contributed by atoms with van der Waals surface area (Å²) in [5.41, 5.74) is 5.27. The Bertz CT molecular complexity index is 741. The maximum atomic E-state index is 12.4. The molecular weight excluding hydrogens is 252 g/mol. The second kappa shape index (κ2) is 4.27. The van der Waals surface area contributed by atoms with Gasteiger partial charge in [0.2, 0.25) is 0 Å². The minimum Gasteiger partial charge on any atom is -0.508 e. The summed E-state index contributed by atoms with van der Waals surface area (Å²) in [6.45, 7) is 3.99. The van der Waals surface area contributed by atoms with Gasteiger partial charge < -0.3 is 15.0 Å². The highest BCUT2D eigenvalue weighted by atomic mass is 16.3. The number of amides is 1. The van der Waals surface area contributed by atoms with Crippen LogP contribution in [0, 0.1) is 13.8 Å². The molecule has 3 rings (SSSR count). The first-order valence-corrected chi connectivity index (χ1v) is 6.46. The van der Waals surface area contributed by atoms with Gasteiger partial charge in [-0.25, -0.2) is 0 Å². The standard InChI is InChI=1S/C16H16N2O2/c1-9-6-10(2)17-14(9)8-13-12-7-11(19)4-5-15(12)18(3)16(13)20/h4-8,17,19H,1-3H3/b13-8-. The molecule has 4 heteroatoms. The molecule has 2 heterocycles. The Hall–Kier alpha value is -2.49. The molecule has 0 saturated carbocycles. The smallest absolute Gasteiger partial charge is 0.258 e. The zero-order chi connectivity index (χ0) is 14.4. The molecule has 0 saturated heterocycles. The Balaban J connectivity index is 2.18. The van der Waals surface area contributed by atoms with Crippen LogP contribution >= 0.6 is 0 Å². The average molecular weight is 268 g/mol. The van der Waals surface area contributed by atoms with Gasteiger partial charge in [0.25, 0.3) is 5.91 Å². The van der Waals surface area contributed by atoms with Crippen molar-refractivity contribution < 1.29 is 9.90 Å². The van der Waals surface area contributed by atoms with Crippen LogP contribution < -0.4 is 4.90 Å². The first kappa shape index (κ1) is 12.5. The van der Waals surface area contributed by atoms with Gasteiger partial charge in [0.1, 0.15) is 5.75 Å². The second-order valence-electron chi connectivity index (χ2n) is 5.17. The average Bonchev–Trinajstić information content (AvgIpc) is 2.82. The van der Waals surface area contributed by atoms with E-state index in [-0.39, 0.29) is 11.7 Å². The number of phenols is 1. The SMILES string of the molecule is Cc1cc(C)c(/C=C2\C(=O)N(C)c3ccc(O)cc32)[nH]1. The van der Waals surface area contributed by atoms with Crippen molar-refractivity contribution in [3.8, 4) is 5.75 Å². The lowest BCUT2D eigenvalue weighted by atomic mass is 10.0. The maximum absolute atomic E-state index is 12.4. The van der Waals surface area contributed by atoms with Gasteiger partial charge >= 0.3 is 0 Å². The number of aryl methyl sites for hydroxylation is 2. The Kier molecular flexibility index (Phi) is 2.67. The zero-order valence-electron chi connectivity index (χ0n) is 11.7.